The van der Waals surface area contributed by atoms with Crippen LogP contribution in [0.2, 0.25) is 0 Å². The van der Waals surface area contributed by atoms with E-state index < -0.39 is 7.59 Å². The lowest BCUT2D eigenvalue weighted by Crippen LogP contribution is -2.20. The van der Waals surface area contributed by atoms with E-state index in [0.717, 1.165) is 0 Å². The van der Waals surface area contributed by atoms with E-state index in [1.54, 1.807) is 0 Å². The van der Waals surface area contributed by atoms with Crippen LogP contribution in [0, 0.1) is 0 Å². The van der Waals surface area contributed by atoms with Gasteiger partial charge in [-0.1, -0.05) is 69.6 Å². The smallest absolute Gasteiger partial charge is 0.123 e. The van der Waals surface area contributed by atoms with Crippen LogP contribution in [0.15, 0.2) is 0 Å². The van der Waals surface area contributed by atoms with E-state index in [0.29, 0.717) is 25.7 Å². The highest BCUT2D eigenvalue weighted by molar-refractivity contribution is 6.68. The third-order valence-electron chi connectivity index (χ3n) is 2.81. The summed E-state index contributed by atoms with van der Waals surface area (Å²) in [6.45, 7) is 0. The maximum Gasteiger partial charge on any atom is 0.192 e. The van der Waals surface area contributed by atoms with Gasteiger partial charge in [0, 0.05) is 34.3 Å². The van der Waals surface area contributed by atoms with Crippen molar-refractivity contribution in [2.75, 3.05) is 0 Å². The van der Waals surface area contributed by atoms with Crippen LogP contribution in [0.4, 0.5) is 0 Å². The summed E-state index contributed by atoms with van der Waals surface area (Å²) in [5.74, 6) is 0. The van der Waals surface area contributed by atoms with Gasteiger partial charge in [-0.3, -0.25) is 0 Å². The van der Waals surface area contributed by atoms with Crippen LogP contribution in [-0.2, 0) is 0 Å². The van der Waals surface area contributed by atoms with E-state index in [-0.39, 0.29) is 34.3 Å². The predicted octanol–water partition coefficient (Wildman–Crippen LogP) is 8.50. The molecule has 0 spiro atoms. The molecule has 0 nitrogen and oxygen atoms in total. The molecule has 0 N–H and O–H groups in total. The van der Waals surface area contributed by atoms with E-state index >= 15 is 0 Å². The zero-order chi connectivity index (χ0) is 17.6. The lowest BCUT2D eigenvalue weighted by molar-refractivity contribution is 0.571. The van der Waals surface area contributed by atoms with Crippen LogP contribution in [0.5, 0.6) is 0 Å². The van der Waals surface area contributed by atoms with Gasteiger partial charge >= 0.3 is 0 Å². The zero-order valence-corrected chi connectivity index (χ0v) is 18.9. The molecule has 4 atom stereocenters. The zero-order valence-electron chi connectivity index (χ0n) is 11.3. The Bertz CT molecular complexity index is 267. The quantitative estimate of drug-likeness (QED) is 0.271. The molecule has 0 fully saturated rings. The van der Waals surface area contributed by atoms with Crippen molar-refractivity contribution >= 4 is 116 Å². The van der Waals surface area contributed by atoms with Crippen LogP contribution in [-0.4, -0.2) is 29.1 Å². The molecule has 0 aliphatic heterocycles. The van der Waals surface area contributed by atoms with Gasteiger partial charge in [-0.25, -0.2) is 0 Å². The molecule has 10 heteroatoms. The molecule has 0 heterocycles. The van der Waals surface area contributed by atoms with Crippen molar-refractivity contribution in [1.29, 1.82) is 0 Å². The predicted molar refractivity (Wildman–Crippen MR) is 107 cm³/mol. The molecule has 0 saturated carbocycles. The van der Waals surface area contributed by atoms with Gasteiger partial charge in [0.2, 0.25) is 0 Å². The average molecular weight is 515 g/mol. The number of hydrogen-bond acceptors (Lipinski definition) is 0. The third-order valence-corrected chi connectivity index (χ3v) is 5.65. The molecule has 0 radical (unpaired) electrons. The highest BCUT2D eigenvalue weighted by Crippen LogP contribution is 2.36. The molecule has 0 amide bonds. The van der Waals surface area contributed by atoms with Gasteiger partial charge in [-0.15, -0.1) is 46.4 Å². The minimum absolute atomic E-state index is 0.253. The van der Waals surface area contributed by atoms with Crippen molar-refractivity contribution < 1.29 is 0 Å². The van der Waals surface area contributed by atoms with Crippen LogP contribution in [0.1, 0.15) is 38.5 Å². The van der Waals surface area contributed by atoms with Crippen molar-refractivity contribution in [1.82, 2.24) is 0 Å². The Labute approximate surface area is 182 Å². The lowest BCUT2D eigenvalue weighted by Gasteiger charge is -2.21. The van der Waals surface area contributed by atoms with Gasteiger partial charge < -0.3 is 0 Å². The molecular weight excluding hydrogens is 499 g/mol. The van der Waals surface area contributed by atoms with E-state index in [1.165, 1.54) is 0 Å². The molecule has 4 unspecified atom stereocenters. The Morgan fingerprint density at radius 3 is 1.00 bits per heavy atom. The van der Waals surface area contributed by atoms with Crippen LogP contribution < -0.4 is 0 Å². The molecule has 0 aromatic heterocycles. The fraction of sp³-hybridized carbons (Fsp3) is 1.00. The Morgan fingerprint density at radius 1 is 0.500 bits per heavy atom. The summed E-state index contributed by atoms with van der Waals surface area (Å²) < 4.78 is -2.73. The fourth-order valence-electron chi connectivity index (χ4n) is 1.75. The second-order valence-electron chi connectivity index (χ2n) is 5.02. The van der Waals surface area contributed by atoms with Crippen LogP contribution in [0.3, 0.4) is 0 Å². The van der Waals surface area contributed by atoms with E-state index in [1.807, 2.05) is 0 Å². The average Bonchev–Trinajstić information content (AvgIpc) is 2.28. The van der Waals surface area contributed by atoms with Crippen molar-refractivity contribution in [3.8, 4) is 0 Å². The molecule has 0 saturated heterocycles. The maximum atomic E-state index is 6.25. The fourth-order valence-corrected chi connectivity index (χ4v) is 4.56. The number of hydrogen-bond donors (Lipinski definition) is 0. The van der Waals surface area contributed by atoms with Crippen LogP contribution >= 0.6 is 116 Å². The molecule has 0 aliphatic rings. The largest absolute Gasteiger partial charge is 0.192 e. The van der Waals surface area contributed by atoms with Gasteiger partial charge in [0.05, 0.1) is 0 Å². The summed E-state index contributed by atoms with van der Waals surface area (Å²) in [5.41, 5.74) is 0. The van der Waals surface area contributed by atoms with Gasteiger partial charge in [0.15, 0.2) is 7.59 Å². The van der Waals surface area contributed by atoms with E-state index in [9.17, 15) is 0 Å². The Kier molecular flexibility index (Phi) is 13.1. The molecule has 0 aliphatic carbocycles. The van der Waals surface area contributed by atoms with Crippen LogP contribution in [0.25, 0.3) is 0 Å². The van der Waals surface area contributed by atoms with Gasteiger partial charge in [0.1, 0.15) is 0 Å². The molecule has 0 aromatic rings. The monoisotopic (exact) mass is 510 g/mol. The van der Waals surface area contributed by atoms with Crippen molar-refractivity contribution in [3.63, 3.8) is 0 Å². The minimum atomic E-state index is -1.36. The summed E-state index contributed by atoms with van der Waals surface area (Å²) in [4.78, 5) is 0. The second-order valence-corrected chi connectivity index (χ2v) is 12.4. The third kappa shape index (κ3) is 15.2. The normalized spacial score (nSPS) is 18.8. The first-order valence-electron chi connectivity index (χ1n) is 6.50. The molecule has 134 valence electrons. The summed E-state index contributed by atoms with van der Waals surface area (Å²) >= 11 is 58.8. The van der Waals surface area contributed by atoms with E-state index in [4.69, 9.17) is 116 Å². The van der Waals surface area contributed by atoms with Gasteiger partial charge in [-0.05, 0) is 25.7 Å². The second kappa shape index (κ2) is 11.6. The SMILES string of the molecule is ClC(CCC(Cl)C(Cl)CCC(Cl)CC(Cl)(Cl)Cl)CC(Cl)(Cl)Cl. The Morgan fingerprint density at radius 2 is 0.773 bits per heavy atom. The van der Waals surface area contributed by atoms with E-state index in [2.05, 4.69) is 0 Å². The summed E-state index contributed by atoms with van der Waals surface area (Å²) in [6.07, 6.45) is 2.94. The lowest BCUT2D eigenvalue weighted by atomic mass is 10.1. The Hall–Kier alpha value is 2.90. The number of halogens is 10. The maximum absolute atomic E-state index is 6.25. The van der Waals surface area contributed by atoms with Crippen molar-refractivity contribution in [2.45, 2.75) is 67.6 Å². The first-order valence-corrected chi connectivity index (χ1v) is 10.5. The summed E-state index contributed by atoms with van der Waals surface area (Å²) in [7, 11) is 0. The molecule has 0 bridgehead atoms. The first-order chi connectivity index (χ1) is 9.80. The highest BCUT2D eigenvalue weighted by atomic mass is 35.6. The minimum Gasteiger partial charge on any atom is -0.123 e. The van der Waals surface area contributed by atoms with Gasteiger partial charge in [-0.2, -0.15) is 0 Å². The van der Waals surface area contributed by atoms with Crippen molar-refractivity contribution in [2.24, 2.45) is 0 Å². The topological polar surface area (TPSA) is 0 Å². The van der Waals surface area contributed by atoms with Crippen molar-refractivity contribution in [3.05, 3.63) is 0 Å². The van der Waals surface area contributed by atoms with Gasteiger partial charge in [0.25, 0.3) is 0 Å². The molecule has 0 rings (SSSR count). The first kappa shape index (κ1) is 24.9. The standard InChI is InChI=1S/C12H16Cl10/c13-7(5-11(17,18)19)1-3-9(15)10(16)4-2-8(14)6-12(20,21)22/h7-10H,1-6H2. The molecule has 0 aromatic carbocycles. The number of alkyl halides is 10. The highest BCUT2D eigenvalue weighted by Gasteiger charge is 2.27. The number of rotatable bonds is 9. The summed E-state index contributed by atoms with van der Waals surface area (Å²) in [6, 6.07) is 0. The molecule has 22 heavy (non-hydrogen) atoms. The molecular formula is C12H16Cl10. The Balaban J connectivity index is 3.99. The summed E-state index contributed by atoms with van der Waals surface area (Å²) in [5, 5.41) is -1.06.